The first-order valence-electron chi connectivity index (χ1n) is 7.60. The summed E-state index contributed by atoms with van der Waals surface area (Å²) in [6.45, 7) is 3.98. The highest BCUT2D eigenvalue weighted by Crippen LogP contribution is 2.28. The van der Waals surface area contributed by atoms with Gasteiger partial charge in [-0.2, -0.15) is 0 Å². The van der Waals surface area contributed by atoms with E-state index in [1.165, 1.54) is 11.8 Å². The quantitative estimate of drug-likeness (QED) is 0.654. The molecule has 25 heavy (non-hydrogen) atoms. The third-order valence-electron chi connectivity index (χ3n) is 3.34. The Hall–Kier alpha value is -2.31. The largest absolute Gasteiger partial charge is 0.411 e. The van der Waals surface area contributed by atoms with Gasteiger partial charge in [-0.05, 0) is 49.2 Å². The first-order valence-corrected chi connectivity index (χ1v) is 8.97. The molecule has 0 saturated carbocycles. The summed E-state index contributed by atoms with van der Waals surface area (Å²) in [5, 5.41) is 11.7. The van der Waals surface area contributed by atoms with Crippen molar-refractivity contribution in [3.63, 3.8) is 0 Å². The number of nitrogens with one attached hydrogen (secondary N) is 1. The van der Waals surface area contributed by atoms with E-state index in [1.54, 1.807) is 12.1 Å². The van der Waals surface area contributed by atoms with Crippen LogP contribution in [0.15, 0.2) is 52.1 Å². The number of hydrogen-bond acceptors (Lipinski definition) is 5. The summed E-state index contributed by atoms with van der Waals surface area (Å²) in [4.78, 5) is 12.1. The number of aryl methyl sites for hydroxylation is 2. The first kappa shape index (κ1) is 17.5. The van der Waals surface area contributed by atoms with Crippen LogP contribution in [0.4, 0.5) is 5.69 Å². The molecule has 0 bridgehead atoms. The average Bonchev–Trinajstić information content (AvgIpc) is 3.01. The smallest absolute Gasteiger partial charge is 0.277 e. The molecule has 1 amide bonds. The van der Waals surface area contributed by atoms with Crippen molar-refractivity contribution in [2.75, 3.05) is 11.1 Å². The summed E-state index contributed by atoms with van der Waals surface area (Å²) in [5.74, 6) is 0.382. The number of anilines is 1. The van der Waals surface area contributed by atoms with Crippen LogP contribution in [-0.2, 0) is 4.79 Å². The minimum Gasteiger partial charge on any atom is -0.411 e. The maximum absolute atomic E-state index is 12.1. The lowest BCUT2D eigenvalue weighted by Crippen LogP contribution is -2.14. The second-order valence-electron chi connectivity index (χ2n) is 5.57. The van der Waals surface area contributed by atoms with Gasteiger partial charge in [0, 0.05) is 5.69 Å². The van der Waals surface area contributed by atoms with Crippen LogP contribution in [0.1, 0.15) is 11.1 Å². The molecular formula is C18H16ClN3O2S. The monoisotopic (exact) mass is 373 g/mol. The Balaban J connectivity index is 1.60. The van der Waals surface area contributed by atoms with Crippen LogP contribution in [-0.4, -0.2) is 21.9 Å². The fraction of sp³-hybridized carbons (Fsp3) is 0.167. The van der Waals surface area contributed by atoms with E-state index in [4.69, 9.17) is 16.0 Å². The van der Waals surface area contributed by atoms with Gasteiger partial charge in [0.1, 0.15) is 0 Å². The predicted molar refractivity (Wildman–Crippen MR) is 100 cm³/mol. The zero-order chi connectivity index (χ0) is 17.8. The molecule has 0 fully saturated rings. The van der Waals surface area contributed by atoms with Crippen LogP contribution in [0, 0.1) is 13.8 Å². The van der Waals surface area contributed by atoms with Gasteiger partial charge in [0.15, 0.2) is 0 Å². The summed E-state index contributed by atoms with van der Waals surface area (Å²) < 4.78 is 5.57. The van der Waals surface area contributed by atoms with E-state index < -0.39 is 0 Å². The highest BCUT2D eigenvalue weighted by Gasteiger charge is 2.13. The molecule has 0 atom stereocenters. The second kappa shape index (κ2) is 7.72. The Morgan fingerprint density at radius 3 is 2.60 bits per heavy atom. The fourth-order valence-electron chi connectivity index (χ4n) is 2.38. The normalized spacial score (nSPS) is 10.7. The number of aromatic nitrogens is 2. The Kier molecular flexibility index (Phi) is 5.40. The van der Waals surface area contributed by atoms with E-state index in [0.29, 0.717) is 21.7 Å². The fourth-order valence-corrected chi connectivity index (χ4v) is 3.16. The Labute approximate surface area is 154 Å². The number of halogens is 1. The van der Waals surface area contributed by atoms with Gasteiger partial charge in [-0.3, -0.25) is 4.79 Å². The molecule has 5 nitrogen and oxygen atoms in total. The Morgan fingerprint density at radius 2 is 1.88 bits per heavy atom. The maximum atomic E-state index is 12.1. The molecule has 0 unspecified atom stereocenters. The molecule has 0 saturated heterocycles. The van der Waals surface area contributed by atoms with E-state index in [-0.39, 0.29) is 11.7 Å². The Morgan fingerprint density at radius 1 is 1.16 bits per heavy atom. The third-order valence-corrected chi connectivity index (χ3v) is 4.49. The molecule has 3 aromatic rings. The highest BCUT2D eigenvalue weighted by molar-refractivity contribution is 7.99. The van der Waals surface area contributed by atoms with Crippen molar-refractivity contribution in [3.05, 3.63) is 58.6 Å². The van der Waals surface area contributed by atoms with Crippen molar-refractivity contribution in [3.8, 4) is 11.5 Å². The second-order valence-corrected chi connectivity index (χ2v) is 6.90. The lowest BCUT2D eigenvalue weighted by atomic mass is 10.1. The van der Waals surface area contributed by atoms with Gasteiger partial charge in [0.2, 0.25) is 11.8 Å². The van der Waals surface area contributed by atoms with Crippen molar-refractivity contribution in [2.45, 2.75) is 19.1 Å². The van der Waals surface area contributed by atoms with Gasteiger partial charge in [0.05, 0.1) is 16.3 Å². The Bertz CT molecular complexity index is 891. The van der Waals surface area contributed by atoms with Crippen molar-refractivity contribution >= 4 is 35.0 Å². The van der Waals surface area contributed by atoms with Crippen LogP contribution in [0.25, 0.3) is 11.5 Å². The van der Waals surface area contributed by atoms with Crippen LogP contribution < -0.4 is 5.32 Å². The summed E-state index contributed by atoms with van der Waals surface area (Å²) in [6, 6.07) is 13.1. The standard InChI is InChI=1S/C18H16ClN3O2S/c1-11-7-12(2)9-13(8-11)20-16(23)10-25-18-22-21-17(24-18)14-5-3-4-6-15(14)19/h3-9H,10H2,1-2H3,(H,20,23). The van der Waals surface area contributed by atoms with E-state index in [9.17, 15) is 4.79 Å². The SMILES string of the molecule is Cc1cc(C)cc(NC(=O)CSc2nnc(-c3ccccc3Cl)o2)c1. The summed E-state index contributed by atoms with van der Waals surface area (Å²) in [7, 11) is 0. The van der Waals surface area contributed by atoms with Gasteiger partial charge in [-0.15, -0.1) is 10.2 Å². The van der Waals surface area contributed by atoms with Gasteiger partial charge >= 0.3 is 0 Å². The number of rotatable bonds is 5. The number of thioether (sulfide) groups is 1. The molecule has 1 aromatic heterocycles. The lowest BCUT2D eigenvalue weighted by Gasteiger charge is -2.06. The molecule has 0 aliphatic rings. The van der Waals surface area contributed by atoms with Crippen molar-refractivity contribution in [2.24, 2.45) is 0 Å². The number of carbonyl (C=O) groups excluding carboxylic acids is 1. The number of nitrogens with zero attached hydrogens (tertiary/aromatic N) is 2. The van der Waals surface area contributed by atoms with E-state index in [2.05, 4.69) is 21.6 Å². The van der Waals surface area contributed by atoms with Crippen molar-refractivity contribution in [1.29, 1.82) is 0 Å². The van der Waals surface area contributed by atoms with Gasteiger partial charge in [0.25, 0.3) is 5.22 Å². The van der Waals surface area contributed by atoms with Crippen LogP contribution in [0.3, 0.4) is 0 Å². The predicted octanol–water partition coefficient (Wildman–Crippen LogP) is 4.74. The molecule has 3 rings (SSSR count). The molecule has 128 valence electrons. The molecule has 1 N–H and O–H groups in total. The van der Waals surface area contributed by atoms with Crippen molar-refractivity contribution < 1.29 is 9.21 Å². The summed E-state index contributed by atoms with van der Waals surface area (Å²) in [6.07, 6.45) is 0. The molecule has 0 aliphatic carbocycles. The molecule has 7 heteroatoms. The van der Waals surface area contributed by atoms with E-state index >= 15 is 0 Å². The van der Waals surface area contributed by atoms with Crippen LogP contribution in [0.2, 0.25) is 5.02 Å². The minimum atomic E-state index is -0.132. The van der Waals surface area contributed by atoms with Gasteiger partial charge in [-0.25, -0.2) is 0 Å². The van der Waals surface area contributed by atoms with Gasteiger partial charge < -0.3 is 9.73 Å². The molecule has 0 radical (unpaired) electrons. The number of carbonyl (C=O) groups is 1. The van der Waals surface area contributed by atoms with E-state index in [0.717, 1.165) is 16.8 Å². The topological polar surface area (TPSA) is 68.0 Å². The van der Waals surface area contributed by atoms with Crippen LogP contribution >= 0.6 is 23.4 Å². The van der Waals surface area contributed by atoms with E-state index in [1.807, 2.05) is 38.1 Å². The zero-order valence-corrected chi connectivity index (χ0v) is 15.3. The molecule has 2 aromatic carbocycles. The maximum Gasteiger partial charge on any atom is 0.277 e. The van der Waals surface area contributed by atoms with Crippen LogP contribution in [0.5, 0.6) is 0 Å². The third kappa shape index (κ3) is 4.61. The highest BCUT2D eigenvalue weighted by atomic mass is 35.5. The van der Waals surface area contributed by atoms with Gasteiger partial charge in [-0.1, -0.05) is 41.6 Å². The summed E-state index contributed by atoms with van der Waals surface area (Å²) >= 11 is 7.29. The average molecular weight is 374 g/mol. The molecule has 0 spiro atoms. The van der Waals surface area contributed by atoms with Crippen molar-refractivity contribution in [1.82, 2.24) is 10.2 Å². The number of benzene rings is 2. The molecule has 1 heterocycles. The molecular weight excluding hydrogens is 358 g/mol. The number of hydrogen-bond donors (Lipinski definition) is 1. The minimum absolute atomic E-state index is 0.132. The molecule has 0 aliphatic heterocycles. The lowest BCUT2D eigenvalue weighted by molar-refractivity contribution is -0.113. The zero-order valence-electron chi connectivity index (χ0n) is 13.7. The summed E-state index contributed by atoms with van der Waals surface area (Å²) in [5.41, 5.74) is 3.65. The number of amides is 1. The first-order chi connectivity index (χ1) is 12.0.